The molecule has 0 aromatic heterocycles. The van der Waals surface area contributed by atoms with E-state index in [1.807, 2.05) is 0 Å². The van der Waals surface area contributed by atoms with Gasteiger partial charge in [-0.2, -0.15) is 0 Å². The number of carboxylic acid groups (broad SMARTS) is 1. The molecule has 0 radical (unpaired) electrons. The van der Waals surface area contributed by atoms with E-state index >= 15 is 0 Å². The molecule has 4 heteroatoms. The molecule has 4 rings (SSSR count). The second-order valence-corrected chi connectivity index (χ2v) is 4.70. The molecule has 0 aromatic carbocycles. The van der Waals surface area contributed by atoms with Crippen LogP contribution in [0.15, 0.2) is 0 Å². The molecule has 4 bridgehead atoms. The lowest BCUT2D eigenvalue weighted by Gasteiger charge is -2.52. The molecule has 0 amide bonds. The van der Waals surface area contributed by atoms with Gasteiger partial charge < -0.3 is 5.11 Å². The van der Waals surface area contributed by atoms with Crippen molar-refractivity contribution in [2.75, 3.05) is 19.6 Å². The van der Waals surface area contributed by atoms with Gasteiger partial charge in [0, 0.05) is 37.8 Å². The Morgan fingerprint density at radius 3 is 3.00 bits per heavy atom. The van der Waals surface area contributed by atoms with Gasteiger partial charge in [0.25, 0.3) is 0 Å². The maximum atomic E-state index is 10.8. The monoisotopic (exact) mass is 196 g/mol. The minimum absolute atomic E-state index is 0.292. The number of rotatable bonds is 2. The van der Waals surface area contributed by atoms with Gasteiger partial charge in [-0.05, 0) is 12.8 Å². The van der Waals surface area contributed by atoms with E-state index in [0.717, 1.165) is 25.7 Å². The average Bonchev–Trinajstić information content (AvgIpc) is 2.50. The highest BCUT2D eigenvalue weighted by Crippen LogP contribution is 2.38. The Morgan fingerprint density at radius 1 is 1.36 bits per heavy atom. The number of aliphatic carboxylic acids is 1. The van der Waals surface area contributed by atoms with Gasteiger partial charge in [0.15, 0.2) is 0 Å². The molecule has 4 aliphatic rings. The van der Waals surface area contributed by atoms with Crippen LogP contribution in [0, 0.1) is 0 Å². The van der Waals surface area contributed by atoms with Gasteiger partial charge >= 0.3 is 5.97 Å². The van der Waals surface area contributed by atoms with Gasteiger partial charge in [-0.15, -0.1) is 0 Å². The van der Waals surface area contributed by atoms with E-state index in [1.165, 1.54) is 12.8 Å². The molecule has 14 heavy (non-hydrogen) atoms. The molecule has 0 aromatic rings. The zero-order valence-electron chi connectivity index (χ0n) is 8.22. The Morgan fingerprint density at radius 2 is 2.21 bits per heavy atom. The van der Waals surface area contributed by atoms with E-state index in [-0.39, 0.29) is 0 Å². The summed E-state index contributed by atoms with van der Waals surface area (Å²) < 4.78 is 0. The number of hydrogen-bond acceptors (Lipinski definition) is 3. The minimum Gasteiger partial charge on any atom is -0.481 e. The Labute approximate surface area is 83.5 Å². The third-order valence-electron chi connectivity index (χ3n) is 4.08. The van der Waals surface area contributed by atoms with Crippen molar-refractivity contribution < 1.29 is 9.90 Å². The molecule has 78 valence electrons. The van der Waals surface area contributed by atoms with Gasteiger partial charge in [0.05, 0.1) is 6.42 Å². The Kier molecular flexibility index (Phi) is 1.82. The van der Waals surface area contributed by atoms with Gasteiger partial charge in [-0.25, -0.2) is 0 Å². The fourth-order valence-corrected chi connectivity index (χ4v) is 3.52. The van der Waals surface area contributed by atoms with Crippen LogP contribution in [-0.2, 0) is 4.79 Å². The molecule has 5 atom stereocenters. The third-order valence-corrected chi connectivity index (χ3v) is 4.08. The van der Waals surface area contributed by atoms with Crippen molar-refractivity contribution in [2.24, 2.45) is 0 Å². The van der Waals surface area contributed by atoms with Crippen LogP contribution >= 0.6 is 0 Å². The van der Waals surface area contributed by atoms with E-state index in [4.69, 9.17) is 5.11 Å². The zero-order chi connectivity index (χ0) is 9.71. The summed E-state index contributed by atoms with van der Waals surface area (Å²) in [6.45, 7) is 3.34. The van der Waals surface area contributed by atoms with Gasteiger partial charge in [-0.3, -0.25) is 14.6 Å². The molecule has 4 nitrogen and oxygen atoms in total. The second kappa shape index (κ2) is 2.94. The lowest BCUT2D eigenvalue weighted by Crippen LogP contribution is -2.66. The van der Waals surface area contributed by atoms with Crippen molar-refractivity contribution in [1.29, 1.82) is 0 Å². The van der Waals surface area contributed by atoms with Gasteiger partial charge in [0.1, 0.15) is 0 Å². The van der Waals surface area contributed by atoms with Gasteiger partial charge in [0.2, 0.25) is 0 Å². The van der Waals surface area contributed by atoms with Crippen LogP contribution in [0.2, 0.25) is 0 Å². The van der Waals surface area contributed by atoms with E-state index in [0.29, 0.717) is 18.5 Å². The summed E-state index contributed by atoms with van der Waals surface area (Å²) in [5.74, 6) is -0.646. The summed E-state index contributed by atoms with van der Waals surface area (Å²) >= 11 is 0. The first-order chi connectivity index (χ1) is 6.75. The molecule has 4 heterocycles. The SMILES string of the molecule is O=C(O)CC1C2CCC3CN1CCN32. The molecular weight excluding hydrogens is 180 g/mol. The number of carboxylic acids is 1. The molecule has 0 aliphatic carbocycles. The smallest absolute Gasteiger partial charge is 0.304 e. The summed E-state index contributed by atoms with van der Waals surface area (Å²) in [5.41, 5.74) is 0. The summed E-state index contributed by atoms with van der Waals surface area (Å²) in [6.07, 6.45) is 2.81. The predicted molar refractivity (Wildman–Crippen MR) is 51.1 cm³/mol. The average molecular weight is 196 g/mol. The van der Waals surface area contributed by atoms with Crippen LogP contribution in [0.4, 0.5) is 0 Å². The quantitative estimate of drug-likeness (QED) is 0.674. The van der Waals surface area contributed by atoms with Crippen LogP contribution in [0.3, 0.4) is 0 Å². The molecule has 4 saturated heterocycles. The third kappa shape index (κ3) is 1.10. The van der Waals surface area contributed by atoms with E-state index < -0.39 is 5.97 Å². The van der Waals surface area contributed by atoms with Crippen molar-refractivity contribution in [2.45, 2.75) is 37.4 Å². The molecule has 5 unspecified atom stereocenters. The number of hydrogen-bond donors (Lipinski definition) is 1. The normalized spacial score (nSPS) is 49.6. The fraction of sp³-hybridized carbons (Fsp3) is 0.900. The predicted octanol–water partition coefficient (Wildman–Crippen LogP) is -0.00810. The highest BCUT2D eigenvalue weighted by Gasteiger charge is 2.49. The van der Waals surface area contributed by atoms with Crippen molar-refractivity contribution in [1.82, 2.24) is 9.80 Å². The fourth-order valence-electron chi connectivity index (χ4n) is 3.52. The van der Waals surface area contributed by atoms with E-state index in [9.17, 15) is 4.79 Å². The molecule has 0 saturated carbocycles. The van der Waals surface area contributed by atoms with Crippen LogP contribution < -0.4 is 0 Å². The number of nitrogens with zero attached hydrogens (tertiary/aromatic N) is 2. The van der Waals surface area contributed by atoms with Gasteiger partial charge in [-0.1, -0.05) is 0 Å². The standard InChI is InChI=1S/C10H16N2O2/c13-10(14)5-9-8-2-1-7-6-11(9)3-4-12(7)8/h7-9H,1-6H2,(H,13,14). The Balaban J connectivity index is 1.82. The van der Waals surface area contributed by atoms with Crippen LogP contribution in [0.1, 0.15) is 19.3 Å². The summed E-state index contributed by atoms with van der Waals surface area (Å²) in [5, 5.41) is 8.88. The highest BCUT2D eigenvalue weighted by atomic mass is 16.4. The summed E-state index contributed by atoms with van der Waals surface area (Å²) in [7, 11) is 0. The lowest BCUT2D eigenvalue weighted by molar-refractivity contribution is -0.141. The van der Waals surface area contributed by atoms with Crippen molar-refractivity contribution in [3.63, 3.8) is 0 Å². The second-order valence-electron chi connectivity index (χ2n) is 4.70. The first-order valence-electron chi connectivity index (χ1n) is 5.47. The summed E-state index contributed by atoms with van der Waals surface area (Å²) in [4.78, 5) is 15.7. The first kappa shape index (κ1) is 8.68. The first-order valence-corrected chi connectivity index (χ1v) is 5.47. The molecular formula is C10H16N2O2. The number of carbonyl (C=O) groups is 1. The number of piperazine rings is 3. The molecule has 4 aliphatic heterocycles. The topological polar surface area (TPSA) is 43.8 Å². The molecule has 1 N–H and O–H groups in total. The maximum absolute atomic E-state index is 10.8. The van der Waals surface area contributed by atoms with E-state index in [1.54, 1.807) is 0 Å². The van der Waals surface area contributed by atoms with Crippen molar-refractivity contribution in [3.8, 4) is 0 Å². The van der Waals surface area contributed by atoms with E-state index in [2.05, 4.69) is 9.80 Å². The largest absolute Gasteiger partial charge is 0.481 e. The Hall–Kier alpha value is -0.610. The highest BCUT2D eigenvalue weighted by molar-refractivity contribution is 5.67. The maximum Gasteiger partial charge on any atom is 0.304 e. The van der Waals surface area contributed by atoms with Crippen molar-refractivity contribution in [3.05, 3.63) is 0 Å². The molecule has 4 fully saturated rings. The Bertz CT molecular complexity index is 269. The van der Waals surface area contributed by atoms with Crippen LogP contribution in [-0.4, -0.2) is 58.6 Å². The van der Waals surface area contributed by atoms with Crippen LogP contribution in [0.25, 0.3) is 0 Å². The summed E-state index contributed by atoms with van der Waals surface area (Å²) in [6, 6.07) is 1.57. The molecule has 0 spiro atoms. The zero-order valence-corrected chi connectivity index (χ0v) is 8.22. The lowest BCUT2D eigenvalue weighted by atomic mass is 9.96. The van der Waals surface area contributed by atoms with Crippen LogP contribution in [0.5, 0.6) is 0 Å². The minimum atomic E-state index is -0.646. The van der Waals surface area contributed by atoms with Crippen molar-refractivity contribution >= 4 is 5.97 Å². The number of fused-ring (bicyclic) bond motifs is 1.